The van der Waals surface area contributed by atoms with Crippen LogP contribution in [0.3, 0.4) is 0 Å². The van der Waals surface area contributed by atoms with E-state index in [2.05, 4.69) is 29.9 Å². The van der Waals surface area contributed by atoms with Gasteiger partial charge in [0.2, 0.25) is 34.9 Å². The lowest BCUT2D eigenvalue weighted by atomic mass is 9.98. The van der Waals surface area contributed by atoms with Crippen molar-refractivity contribution in [2.45, 2.75) is 27.7 Å². The van der Waals surface area contributed by atoms with Crippen molar-refractivity contribution in [1.29, 1.82) is 0 Å². The SMILES string of the molecule is CCSC1=C(SCC)C2=C(c3c(F)c(F)c(F)c(F)c3F)c3ccc([nH]3)C(c3c(F)c(F)c(F)c(F)c3F)=c3ccc([nH]3)=C(c3c(F)c(F)c(F)c(F)c3F)C3=NC(=C(c4c(F)c(F)c(F)c(F)c4F)c4ccc([nH]4)C(c4c(F)c(F)c(F)c(F)c4F)=c4ccc([nH]4)=C(c4c(F)c(F)c(F)c(F)c4F)C1=N2)C(SCC)=C3SCC. The summed E-state index contributed by atoms with van der Waals surface area (Å²) in [4.78, 5) is 14.9. The molecule has 0 atom stereocenters. The molecule has 6 nitrogen and oxygen atoms in total. The van der Waals surface area contributed by atoms with E-state index < -0.39 is 351 Å². The first-order chi connectivity index (χ1) is 53.9. The molecule has 4 N–H and O–H groups in total. The average molecular weight is 1700 g/mol. The van der Waals surface area contributed by atoms with Gasteiger partial charge in [-0.15, -0.1) is 47.0 Å². The second kappa shape index (κ2) is 30.7. The van der Waals surface area contributed by atoms with Gasteiger partial charge in [0.15, 0.2) is 140 Å². The molecule has 40 heteroatoms. The molecule has 0 aliphatic carbocycles. The Morgan fingerprint density at radius 3 is 0.579 bits per heavy atom. The summed E-state index contributed by atoms with van der Waals surface area (Å²) in [5.74, 6) is -87.1. The van der Waals surface area contributed by atoms with E-state index in [-0.39, 0.29) is 0 Å². The number of nitrogens with zero attached hydrogens (tertiary/aromatic N) is 2. The van der Waals surface area contributed by atoms with Crippen molar-refractivity contribution in [3.8, 4) is 0 Å². The smallest absolute Gasteiger partial charge is 0.200 e. The molecule has 0 saturated carbocycles. The van der Waals surface area contributed by atoms with E-state index >= 15 is 132 Å². The number of aliphatic imine (C=N–C) groups is 2. The first-order valence-electron chi connectivity index (χ1n) is 32.0. The zero-order chi connectivity index (χ0) is 83.0. The highest BCUT2D eigenvalue weighted by Crippen LogP contribution is 2.52. The van der Waals surface area contributed by atoms with Crippen molar-refractivity contribution < 1.29 is 132 Å². The van der Waals surface area contributed by atoms with Gasteiger partial charge in [-0.3, -0.25) is 0 Å². The number of H-pyrrole nitrogens is 4. The van der Waals surface area contributed by atoms with Gasteiger partial charge in [-0.2, -0.15) is 0 Å². The van der Waals surface area contributed by atoms with Crippen molar-refractivity contribution in [2.75, 3.05) is 23.0 Å². The van der Waals surface area contributed by atoms with Crippen molar-refractivity contribution in [3.63, 3.8) is 0 Å². The van der Waals surface area contributed by atoms with Gasteiger partial charge < -0.3 is 19.9 Å². The molecule has 10 aromatic rings. The van der Waals surface area contributed by atoms with Crippen LogP contribution in [0.5, 0.6) is 0 Å². The van der Waals surface area contributed by atoms with E-state index in [9.17, 15) is 0 Å². The fraction of sp³-hybridized carbons (Fsp3) is 0.108. The maximum atomic E-state index is 17.1. The first kappa shape index (κ1) is 81.5. The van der Waals surface area contributed by atoms with Crippen LogP contribution in [0.15, 0.2) is 89.5 Å². The van der Waals surface area contributed by atoms with Gasteiger partial charge in [-0.1, -0.05) is 27.7 Å². The minimum Gasteiger partial charge on any atom is -0.354 e. The molecule has 13 rings (SSSR count). The first-order valence-corrected chi connectivity index (χ1v) is 35.9. The van der Waals surface area contributed by atoms with Gasteiger partial charge in [0.25, 0.3) is 0 Å². The van der Waals surface area contributed by atoms with Crippen LogP contribution in [0.4, 0.5) is 132 Å². The molecule has 0 radical (unpaired) electrons. The molecule has 3 aliphatic rings. The predicted octanol–water partition coefficient (Wildman–Crippen LogP) is 19.6. The van der Waals surface area contributed by atoms with E-state index in [0.29, 0.717) is 95.6 Å². The Hall–Kier alpha value is -10.5. The summed E-state index contributed by atoms with van der Waals surface area (Å²) >= 11 is 1.60. The van der Waals surface area contributed by atoms with Gasteiger partial charge in [0.1, 0.15) is 0 Å². The van der Waals surface area contributed by atoms with E-state index in [1.165, 1.54) is 27.7 Å². The van der Waals surface area contributed by atoms with Gasteiger partial charge in [-0.25, -0.2) is 142 Å². The van der Waals surface area contributed by atoms with Crippen molar-refractivity contribution >= 4 is 91.9 Å². The highest BCUT2D eigenvalue weighted by molar-refractivity contribution is 8.08. The maximum Gasteiger partial charge on any atom is 0.200 e. The minimum atomic E-state index is -2.91. The number of rotatable bonds is 14. The molecule has 0 saturated heterocycles. The number of hydrogen-bond donors (Lipinski definition) is 4. The maximum absolute atomic E-state index is 17.1. The van der Waals surface area contributed by atoms with Crippen molar-refractivity contribution in [3.05, 3.63) is 332 Å². The van der Waals surface area contributed by atoms with Gasteiger partial charge in [0.05, 0.1) is 56.2 Å². The fourth-order valence-corrected chi connectivity index (χ4v) is 16.6. The van der Waals surface area contributed by atoms with Crippen LogP contribution in [0, 0.1) is 175 Å². The van der Waals surface area contributed by atoms with Gasteiger partial charge in [0, 0.05) is 97.2 Å². The molecule has 0 amide bonds. The molecule has 0 fully saturated rings. The molecule has 6 aromatic carbocycles. The number of allylic oxidation sites excluding steroid dienone is 2. The summed E-state index contributed by atoms with van der Waals surface area (Å²) in [5.41, 5.74) is -32.1. The summed E-state index contributed by atoms with van der Waals surface area (Å²) < 4.78 is 489. The highest BCUT2D eigenvalue weighted by Gasteiger charge is 2.43. The van der Waals surface area contributed by atoms with Crippen LogP contribution in [0.1, 0.15) is 83.9 Å². The molecule has 114 heavy (non-hydrogen) atoms. The normalized spacial score (nSPS) is 14.2. The van der Waals surface area contributed by atoms with Crippen LogP contribution in [-0.4, -0.2) is 54.4 Å². The Kier molecular flexibility index (Phi) is 22.0. The average Bonchev–Trinajstić information content (AvgIpc) is 1.57. The number of benzene rings is 6. The fourth-order valence-electron chi connectivity index (χ4n) is 12.7. The van der Waals surface area contributed by atoms with E-state index in [4.69, 9.17) is 0 Å². The monoisotopic (exact) mass is 1700 g/mol. The molecule has 592 valence electrons. The Morgan fingerprint density at radius 1 is 0.202 bits per heavy atom. The number of nitrogens with one attached hydrogen (secondary N) is 4. The lowest BCUT2D eigenvalue weighted by molar-refractivity contribution is 0.376. The van der Waals surface area contributed by atoms with Crippen LogP contribution in [-0.2, 0) is 0 Å². The lowest BCUT2D eigenvalue weighted by Gasteiger charge is -2.16. The second-order valence-corrected chi connectivity index (χ2v) is 28.8. The van der Waals surface area contributed by atoms with E-state index in [1.54, 1.807) is 0 Å². The van der Waals surface area contributed by atoms with Crippen molar-refractivity contribution in [2.24, 2.45) is 9.98 Å². The van der Waals surface area contributed by atoms with Crippen LogP contribution in [0.2, 0.25) is 0 Å². The van der Waals surface area contributed by atoms with Crippen LogP contribution in [0.25, 0.3) is 33.4 Å². The third-order valence-electron chi connectivity index (χ3n) is 17.5. The topological polar surface area (TPSA) is 87.9 Å². The molecule has 7 heterocycles. The zero-order valence-electron chi connectivity index (χ0n) is 56.3. The Bertz CT molecular complexity index is 5880. The zero-order valence-corrected chi connectivity index (χ0v) is 59.6. The third kappa shape index (κ3) is 12.6. The van der Waals surface area contributed by atoms with Crippen LogP contribution >= 0.6 is 47.0 Å². The summed E-state index contributed by atoms with van der Waals surface area (Å²) in [6.07, 6.45) is 0. The Labute approximate surface area is 633 Å². The number of halogens is 30. The summed E-state index contributed by atoms with van der Waals surface area (Å²) in [5, 5.41) is -4.92. The number of aromatic amines is 4. The number of aromatic nitrogens is 4. The summed E-state index contributed by atoms with van der Waals surface area (Å²) in [7, 11) is 0. The second-order valence-electron chi connectivity index (χ2n) is 23.7. The van der Waals surface area contributed by atoms with E-state index in [1.807, 2.05) is 0 Å². The number of hydrogen-bond acceptors (Lipinski definition) is 6. The minimum absolute atomic E-state index is 0.400. The van der Waals surface area contributed by atoms with Gasteiger partial charge in [-0.05, 0) is 71.5 Å². The molecule has 12 bridgehead atoms. The molecule has 4 aromatic heterocycles. The largest absolute Gasteiger partial charge is 0.354 e. The standard InChI is InChI=1S/C74H32F30N6S4/c1-5-111-71-67-27(33-41(79)53(91)63(101)54(92)42(33)80)21-13-9-17(105-21)25(31-37(75)49(87)61(99)50(88)38(31)76)19-11-15-23(107-19)29(35-45(83)57(95)65(103)58(96)46(35)84)69-73(113-7-3)74(114-8-4)70(110-69)30(36-47(85)59(97)66(104)60(98)48(36)86)24-16-12-20(108-24)26(32-39(77)51(89)62(100)52(90)40(32)78)18-10-14-22(106-18)28(68(109-67)72(71)112-6-2)34-43(81)55(93)64(102)56(94)44(34)82/h9-16,105-108H,5-8H2,1-4H3. The predicted molar refractivity (Wildman–Crippen MR) is 361 cm³/mol. The summed E-state index contributed by atoms with van der Waals surface area (Å²) in [6, 6.07) is 3.74. The lowest BCUT2D eigenvalue weighted by Crippen LogP contribution is -2.24. The Morgan fingerprint density at radius 2 is 0.368 bits per heavy atom. The molecular weight excluding hydrogens is 1670 g/mol. The molecule has 0 spiro atoms. The van der Waals surface area contributed by atoms with E-state index in [0.717, 1.165) is 0 Å². The third-order valence-corrected chi connectivity index (χ3v) is 21.6. The number of fused-ring (bicyclic) bond motifs is 10. The molecule has 3 aliphatic heterocycles. The van der Waals surface area contributed by atoms with Crippen LogP contribution < -0.4 is 21.4 Å². The molecule has 0 unspecified atom stereocenters. The number of thioether (sulfide) groups is 4. The molecular formula is C74H32F30N6S4. The van der Waals surface area contributed by atoms with Gasteiger partial charge >= 0.3 is 0 Å². The summed E-state index contributed by atoms with van der Waals surface area (Å²) in [6.45, 7) is 5.04. The quantitative estimate of drug-likeness (QED) is 0.0496. The Balaban J connectivity index is 1.37. The highest BCUT2D eigenvalue weighted by atomic mass is 32.2. The van der Waals surface area contributed by atoms with Crippen molar-refractivity contribution in [1.82, 2.24) is 19.9 Å².